The minimum absolute atomic E-state index is 0. The summed E-state index contributed by atoms with van der Waals surface area (Å²) in [6.07, 6.45) is -2.59. The van der Waals surface area contributed by atoms with Gasteiger partial charge in [0.25, 0.3) is 0 Å². The van der Waals surface area contributed by atoms with Crippen LogP contribution >= 0.6 is 22.9 Å². The molecule has 0 aliphatic rings. The predicted molar refractivity (Wildman–Crippen MR) is 125 cm³/mol. The number of aromatic nitrogens is 2. The Morgan fingerprint density at radius 1 is 1.10 bits per heavy atom. The first-order valence-corrected chi connectivity index (χ1v) is 11.2. The lowest BCUT2D eigenvalue weighted by Crippen LogP contribution is -2.24. The highest BCUT2D eigenvalue weighted by Gasteiger charge is 2.34. The van der Waals surface area contributed by atoms with Gasteiger partial charge in [-0.15, -0.1) is 11.3 Å². The van der Waals surface area contributed by atoms with E-state index < -0.39 is 11.7 Å². The summed E-state index contributed by atoms with van der Waals surface area (Å²) in [5, 5.41) is 4.83. The SMILES string of the molecule is C.CCN(CC)CCCCNc1nc2cc(C(F)(F)F)c(Cl)cc2nc1-c1cccs1. The van der Waals surface area contributed by atoms with Crippen LogP contribution in [0.3, 0.4) is 0 Å². The van der Waals surface area contributed by atoms with Gasteiger partial charge in [-0.2, -0.15) is 13.2 Å². The molecule has 0 saturated carbocycles. The number of anilines is 1. The van der Waals surface area contributed by atoms with E-state index in [9.17, 15) is 13.2 Å². The molecule has 0 amide bonds. The zero-order chi connectivity index (χ0) is 21.7. The number of thiophene rings is 1. The van der Waals surface area contributed by atoms with E-state index in [-0.39, 0.29) is 18.0 Å². The molecule has 0 atom stereocenters. The lowest BCUT2D eigenvalue weighted by atomic mass is 10.1. The van der Waals surface area contributed by atoms with Crippen LogP contribution in [0.1, 0.15) is 39.7 Å². The van der Waals surface area contributed by atoms with Gasteiger partial charge in [-0.1, -0.05) is 38.9 Å². The average molecular weight is 473 g/mol. The Labute approximate surface area is 190 Å². The second-order valence-electron chi connectivity index (χ2n) is 6.88. The summed E-state index contributed by atoms with van der Waals surface area (Å²) >= 11 is 7.37. The van der Waals surface area contributed by atoms with E-state index in [2.05, 4.69) is 34.0 Å². The van der Waals surface area contributed by atoms with Gasteiger partial charge in [-0.25, -0.2) is 9.97 Å². The fourth-order valence-corrected chi connectivity index (χ4v) is 4.19. The number of alkyl halides is 3. The van der Waals surface area contributed by atoms with E-state index in [0.29, 0.717) is 23.6 Å². The van der Waals surface area contributed by atoms with Gasteiger partial charge in [-0.05, 0) is 56.1 Å². The van der Waals surface area contributed by atoms with E-state index in [1.807, 2.05) is 17.5 Å². The number of hydrogen-bond donors (Lipinski definition) is 1. The Morgan fingerprint density at radius 2 is 1.81 bits per heavy atom. The summed E-state index contributed by atoms with van der Waals surface area (Å²) in [7, 11) is 0. The summed E-state index contributed by atoms with van der Waals surface area (Å²) in [6.45, 7) is 8.00. The fourth-order valence-electron chi connectivity index (χ4n) is 3.21. The Kier molecular flexibility index (Phi) is 9.09. The zero-order valence-corrected chi connectivity index (χ0v) is 18.5. The van der Waals surface area contributed by atoms with Gasteiger partial charge in [0.1, 0.15) is 5.69 Å². The standard InChI is InChI=1S/C21H24ClF3N4S.CH4/c1-3-29(4-2)10-6-5-9-26-20-19(18-8-7-11-30-18)27-17-13-15(22)14(21(23,24)25)12-16(17)28-20;/h7-8,11-13H,3-6,9-10H2,1-2H3,(H,26,28);1H4. The third kappa shape index (κ3) is 6.30. The monoisotopic (exact) mass is 472 g/mol. The van der Waals surface area contributed by atoms with Crippen molar-refractivity contribution in [3.05, 3.63) is 40.2 Å². The average Bonchev–Trinajstić information content (AvgIpc) is 3.23. The van der Waals surface area contributed by atoms with Gasteiger partial charge in [0, 0.05) is 6.54 Å². The van der Waals surface area contributed by atoms with Crippen LogP contribution in [-0.4, -0.2) is 41.0 Å². The number of fused-ring (bicyclic) bond motifs is 1. The molecule has 0 aliphatic carbocycles. The maximum Gasteiger partial charge on any atom is 0.417 e. The molecule has 4 nitrogen and oxygen atoms in total. The predicted octanol–water partition coefficient (Wildman–Crippen LogP) is 7.20. The summed E-state index contributed by atoms with van der Waals surface area (Å²) in [5.74, 6) is 0.489. The van der Waals surface area contributed by atoms with Crippen molar-refractivity contribution < 1.29 is 13.2 Å². The van der Waals surface area contributed by atoms with Crippen molar-refractivity contribution in [1.82, 2.24) is 14.9 Å². The number of halogens is 4. The number of unbranched alkanes of at least 4 members (excludes halogenated alkanes) is 1. The minimum Gasteiger partial charge on any atom is -0.368 e. The van der Waals surface area contributed by atoms with E-state index in [1.165, 1.54) is 17.4 Å². The fraction of sp³-hybridized carbons (Fsp3) is 0.455. The smallest absolute Gasteiger partial charge is 0.368 e. The Hall–Kier alpha value is -1.90. The van der Waals surface area contributed by atoms with E-state index >= 15 is 0 Å². The third-order valence-corrected chi connectivity index (χ3v) is 6.09. The molecule has 9 heteroatoms. The number of rotatable bonds is 9. The molecule has 1 N–H and O–H groups in total. The van der Waals surface area contributed by atoms with Crippen molar-refractivity contribution in [2.45, 2.75) is 40.3 Å². The second-order valence-corrected chi connectivity index (χ2v) is 8.23. The quantitative estimate of drug-likeness (QED) is 0.334. The van der Waals surface area contributed by atoms with Crippen LogP contribution in [0.2, 0.25) is 5.02 Å². The topological polar surface area (TPSA) is 41.0 Å². The molecule has 170 valence electrons. The first-order chi connectivity index (χ1) is 14.3. The summed E-state index contributed by atoms with van der Waals surface area (Å²) in [4.78, 5) is 12.3. The van der Waals surface area contributed by atoms with Crippen LogP contribution in [0, 0.1) is 0 Å². The molecule has 3 aromatic rings. The van der Waals surface area contributed by atoms with Crippen molar-refractivity contribution in [1.29, 1.82) is 0 Å². The number of hydrogen-bond acceptors (Lipinski definition) is 5. The van der Waals surface area contributed by atoms with Crippen LogP contribution < -0.4 is 5.32 Å². The molecule has 0 aliphatic heterocycles. The highest BCUT2D eigenvalue weighted by molar-refractivity contribution is 7.13. The molecule has 2 aromatic heterocycles. The molecule has 2 heterocycles. The number of nitrogens with one attached hydrogen (secondary N) is 1. The van der Waals surface area contributed by atoms with Gasteiger partial charge in [-0.3, -0.25) is 0 Å². The maximum absolute atomic E-state index is 13.2. The normalized spacial score (nSPS) is 11.7. The van der Waals surface area contributed by atoms with Crippen molar-refractivity contribution in [3.8, 4) is 10.6 Å². The second kappa shape index (κ2) is 11.1. The Balaban J connectivity index is 0.00000341. The highest BCUT2D eigenvalue weighted by Crippen LogP contribution is 2.38. The van der Waals surface area contributed by atoms with Crippen molar-refractivity contribution >= 4 is 39.8 Å². The largest absolute Gasteiger partial charge is 0.417 e. The molecule has 1 aromatic carbocycles. The molecule has 0 unspecified atom stereocenters. The summed E-state index contributed by atoms with van der Waals surface area (Å²) < 4.78 is 39.7. The molecular formula is C22H28ClF3N4S. The molecule has 0 radical (unpaired) electrons. The van der Waals surface area contributed by atoms with Crippen molar-refractivity contribution in [2.24, 2.45) is 0 Å². The Morgan fingerprint density at radius 3 is 2.42 bits per heavy atom. The van der Waals surface area contributed by atoms with Crippen LogP contribution in [-0.2, 0) is 6.18 Å². The zero-order valence-electron chi connectivity index (χ0n) is 16.9. The third-order valence-electron chi connectivity index (χ3n) is 4.90. The van der Waals surface area contributed by atoms with Gasteiger partial charge in [0.2, 0.25) is 0 Å². The van der Waals surface area contributed by atoms with E-state index in [1.54, 1.807) is 0 Å². The molecule has 0 bridgehead atoms. The van der Waals surface area contributed by atoms with Crippen LogP contribution in [0.15, 0.2) is 29.6 Å². The number of nitrogens with zero attached hydrogens (tertiary/aromatic N) is 3. The molecule has 3 rings (SSSR count). The summed E-state index contributed by atoms with van der Waals surface area (Å²) in [5.41, 5.74) is 0.221. The van der Waals surface area contributed by atoms with E-state index in [0.717, 1.165) is 43.4 Å². The van der Waals surface area contributed by atoms with E-state index in [4.69, 9.17) is 11.6 Å². The first-order valence-electron chi connectivity index (χ1n) is 9.92. The lowest BCUT2D eigenvalue weighted by Gasteiger charge is -2.18. The highest BCUT2D eigenvalue weighted by atomic mass is 35.5. The molecule has 0 spiro atoms. The van der Waals surface area contributed by atoms with Crippen LogP contribution in [0.5, 0.6) is 0 Å². The van der Waals surface area contributed by atoms with Gasteiger partial charge >= 0.3 is 6.18 Å². The lowest BCUT2D eigenvalue weighted by molar-refractivity contribution is -0.137. The number of benzene rings is 1. The van der Waals surface area contributed by atoms with Gasteiger partial charge in [0.05, 0.1) is 26.5 Å². The van der Waals surface area contributed by atoms with Gasteiger partial charge in [0.15, 0.2) is 5.82 Å². The van der Waals surface area contributed by atoms with Gasteiger partial charge < -0.3 is 10.2 Å². The first kappa shape index (κ1) is 25.4. The van der Waals surface area contributed by atoms with Crippen molar-refractivity contribution in [2.75, 3.05) is 31.5 Å². The van der Waals surface area contributed by atoms with Crippen LogP contribution in [0.4, 0.5) is 19.0 Å². The molecular weight excluding hydrogens is 445 g/mol. The molecule has 31 heavy (non-hydrogen) atoms. The van der Waals surface area contributed by atoms with Crippen molar-refractivity contribution in [3.63, 3.8) is 0 Å². The maximum atomic E-state index is 13.2. The minimum atomic E-state index is -4.54. The van der Waals surface area contributed by atoms with Crippen LogP contribution in [0.25, 0.3) is 21.6 Å². The Bertz CT molecular complexity index is 973. The molecule has 0 fully saturated rings. The molecule has 0 saturated heterocycles. The summed E-state index contributed by atoms with van der Waals surface area (Å²) in [6, 6.07) is 6.02.